The lowest BCUT2D eigenvalue weighted by Gasteiger charge is -2.41. The maximum atomic E-state index is 13.4. The lowest BCUT2D eigenvalue weighted by molar-refractivity contribution is -0.132. The number of nitrogens with zero attached hydrogens (tertiary/aromatic N) is 3. The summed E-state index contributed by atoms with van der Waals surface area (Å²) in [6, 6.07) is 11.9. The average molecular weight is 516 g/mol. The first-order valence-corrected chi connectivity index (χ1v) is 15.0. The minimum Gasteiger partial charge on any atom is -0.497 e. The van der Waals surface area contributed by atoms with Crippen molar-refractivity contribution in [2.75, 3.05) is 44.7 Å². The lowest BCUT2D eigenvalue weighted by atomic mass is 9.77. The minimum absolute atomic E-state index is 0.304. The van der Waals surface area contributed by atoms with Gasteiger partial charge in [0.25, 0.3) is 0 Å². The van der Waals surface area contributed by atoms with E-state index in [1.165, 1.54) is 86.0 Å². The molecule has 0 aromatic heterocycles. The Hall–Kier alpha value is -2.53. The molecule has 5 heteroatoms. The molecular formula is C33H45N3O2. The van der Waals surface area contributed by atoms with Crippen LogP contribution in [0.5, 0.6) is 5.75 Å². The number of rotatable bonds is 6. The van der Waals surface area contributed by atoms with Crippen molar-refractivity contribution < 1.29 is 9.53 Å². The summed E-state index contributed by atoms with van der Waals surface area (Å²) in [5, 5.41) is 0. The highest BCUT2D eigenvalue weighted by Gasteiger charge is 2.43. The Morgan fingerprint density at radius 3 is 2.39 bits per heavy atom. The smallest absolute Gasteiger partial charge is 0.226 e. The number of fused-ring (bicyclic) bond motifs is 1. The number of anilines is 1. The molecule has 1 spiro atoms. The predicted octanol–water partition coefficient (Wildman–Crippen LogP) is 5.67. The Kier molecular flexibility index (Phi) is 7.15. The van der Waals surface area contributed by atoms with Gasteiger partial charge in [-0.3, -0.25) is 9.69 Å². The van der Waals surface area contributed by atoms with E-state index in [1.807, 2.05) is 0 Å². The van der Waals surface area contributed by atoms with Gasteiger partial charge in [-0.15, -0.1) is 0 Å². The van der Waals surface area contributed by atoms with Crippen LogP contribution in [-0.4, -0.2) is 61.6 Å². The van der Waals surface area contributed by atoms with Crippen LogP contribution in [0.3, 0.4) is 0 Å². The number of benzene rings is 2. The van der Waals surface area contributed by atoms with Crippen molar-refractivity contribution in [3.05, 3.63) is 58.1 Å². The van der Waals surface area contributed by atoms with Crippen molar-refractivity contribution in [1.29, 1.82) is 0 Å². The van der Waals surface area contributed by atoms with Gasteiger partial charge in [0.15, 0.2) is 0 Å². The number of methoxy groups -OCH3 is 1. The SMILES string of the molecule is COc1cc(C)c(CN2CCCc3ccc(CC(=O)N4CCC5(CC4)CCN(C4CCC4)C5)cc32)c(C)c1. The Morgan fingerprint density at radius 2 is 1.71 bits per heavy atom. The van der Waals surface area contributed by atoms with Crippen LogP contribution < -0.4 is 9.64 Å². The van der Waals surface area contributed by atoms with Crippen LogP contribution in [0.2, 0.25) is 0 Å². The van der Waals surface area contributed by atoms with Gasteiger partial charge in [-0.1, -0.05) is 18.6 Å². The number of piperidine rings is 1. The van der Waals surface area contributed by atoms with Gasteiger partial charge in [0.1, 0.15) is 5.75 Å². The van der Waals surface area contributed by atoms with E-state index in [0.717, 1.165) is 50.0 Å². The molecule has 3 heterocycles. The molecule has 3 fully saturated rings. The summed E-state index contributed by atoms with van der Waals surface area (Å²) in [6.45, 7) is 10.7. The highest BCUT2D eigenvalue weighted by atomic mass is 16.5. The van der Waals surface area contributed by atoms with Crippen LogP contribution >= 0.6 is 0 Å². The van der Waals surface area contributed by atoms with Crippen LogP contribution in [0.4, 0.5) is 5.69 Å². The van der Waals surface area contributed by atoms with E-state index in [2.05, 4.69) is 58.9 Å². The third kappa shape index (κ3) is 5.06. The van der Waals surface area contributed by atoms with Crippen LogP contribution in [-0.2, 0) is 24.2 Å². The van der Waals surface area contributed by atoms with Crippen molar-refractivity contribution in [2.24, 2.45) is 5.41 Å². The molecule has 38 heavy (non-hydrogen) atoms. The number of hydrogen-bond donors (Lipinski definition) is 0. The fraction of sp³-hybridized carbons (Fsp3) is 0.606. The molecule has 0 atom stereocenters. The minimum atomic E-state index is 0.304. The van der Waals surface area contributed by atoms with Crippen LogP contribution in [0.15, 0.2) is 30.3 Å². The predicted molar refractivity (Wildman–Crippen MR) is 154 cm³/mol. The molecule has 0 radical (unpaired) electrons. The third-order valence-corrected chi connectivity index (χ3v) is 10.2. The molecule has 1 amide bonds. The molecule has 4 aliphatic rings. The zero-order valence-corrected chi connectivity index (χ0v) is 23.7. The van der Waals surface area contributed by atoms with Crippen LogP contribution in [0.25, 0.3) is 0 Å². The number of amides is 1. The summed E-state index contributed by atoms with van der Waals surface area (Å²) in [5.41, 5.74) is 8.29. The number of aryl methyl sites for hydroxylation is 3. The largest absolute Gasteiger partial charge is 0.497 e. The quantitative estimate of drug-likeness (QED) is 0.496. The zero-order chi connectivity index (χ0) is 26.3. The first-order valence-electron chi connectivity index (χ1n) is 15.0. The van der Waals surface area contributed by atoms with E-state index in [9.17, 15) is 4.79 Å². The summed E-state index contributed by atoms with van der Waals surface area (Å²) < 4.78 is 5.48. The van der Waals surface area contributed by atoms with E-state index >= 15 is 0 Å². The third-order valence-electron chi connectivity index (χ3n) is 10.2. The fourth-order valence-electron chi connectivity index (χ4n) is 7.44. The van der Waals surface area contributed by atoms with Crippen molar-refractivity contribution in [2.45, 2.75) is 84.2 Å². The van der Waals surface area contributed by atoms with E-state index in [1.54, 1.807) is 7.11 Å². The molecular weight excluding hydrogens is 470 g/mol. The van der Waals surface area contributed by atoms with Crippen molar-refractivity contribution in [3.63, 3.8) is 0 Å². The highest BCUT2D eigenvalue weighted by molar-refractivity contribution is 5.79. The number of hydrogen-bond acceptors (Lipinski definition) is 4. The Bertz CT molecular complexity index is 1160. The van der Waals surface area contributed by atoms with Crippen molar-refractivity contribution in [3.8, 4) is 5.75 Å². The van der Waals surface area contributed by atoms with Gasteiger partial charge in [-0.2, -0.15) is 0 Å². The highest BCUT2D eigenvalue weighted by Crippen LogP contribution is 2.43. The molecule has 6 rings (SSSR count). The summed E-state index contributed by atoms with van der Waals surface area (Å²) in [7, 11) is 1.73. The monoisotopic (exact) mass is 515 g/mol. The van der Waals surface area contributed by atoms with Gasteiger partial charge in [0, 0.05) is 44.5 Å². The van der Waals surface area contributed by atoms with E-state index in [0.29, 0.717) is 17.7 Å². The van der Waals surface area contributed by atoms with Gasteiger partial charge in [0.2, 0.25) is 5.91 Å². The molecule has 3 aliphatic heterocycles. The van der Waals surface area contributed by atoms with Crippen LogP contribution in [0, 0.1) is 19.3 Å². The fourth-order valence-corrected chi connectivity index (χ4v) is 7.44. The average Bonchev–Trinajstić information content (AvgIpc) is 3.27. The number of carbonyl (C=O) groups excluding carboxylic acids is 1. The zero-order valence-electron chi connectivity index (χ0n) is 23.7. The standard InChI is InChI=1S/C33H45N3O2/c1-24-18-29(38-3)19-25(2)30(24)22-35-14-5-6-27-10-9-26(20-31(27)35)21-32(37)34-15-11-33(12-16-34)13-17-36(23-33)28-7-4-8-28/h9-10,18-20,28H,4-8,11-17,21-23H2,1-3H3. The maximum absolute atomic E-state index is 13.4. The molecule has 0 N–H and O–H groups in total. The summed E-state index contributed by atoms with van der Waals surface area (Å²) in [5.74, 6) is 1.23. The van der Waals surface area contributed by atoms with E-state index in [-0.39, 0.29) is 0 Å². The topological polar surface area (TPSA) is 36.0 Å². The molecule has 2 saturated heterocycles. The Balaban J connectivity index is 1.10. The summed E-state index contributed by atoms with van der Waals surface area (Å²) >= 11 is 0. The Morgan fingerprint density at radius 1 is 0.974 bits per heavy atom. The van der Waals surface area contributed by atoms with Gasteiger partial charge in [-0.05, 0) is 117 Å². The number of likely N-dealkylation sites (tertiary alicyclic amines) is 2. The maximum Gasteiger partial charge on any atom is 0.226 e. The first-order chi connectivity index (χ1) is 18.4. The number of carbonyl (C=O) groups is 1. The van der Waals surface area contributed by atoms with Gasteiger partial charge in [-0.25, -0.2) is 0 Å². The lowest BCUT2D eigenvalue weighted by Crippen LogP contribution is -2.46. The van der Waals surface area contributed by atoms with Crippen molar-refractivity contribution in [1.82, 2.24) is 9.80 Å². The van der Waals surface area contributed by atoms with Gasteiger partial charge >= 0.3 is 0 Å². The molecule has 2 aromatic carbocycles. The molecule has 0 bridgehead atoms. The van der Waals surface area contributed by atoms with Crippen LogP contribution in [0.1, 0.15) is 72.8 Å². The molecule has 1 saturated carbocycles. The van der Waals surface area contributed by atoms with E-state index < -0.39 is 0 Å². The van der Waals surface area contributed by atoms with Gasteiger partial charge in [0.05, 0.1) is 13.5 Å². The molecule has 0 unspecified atom stereocenters. The van der Waals surface area contributed by atoms with Crippen molar-refractivity contribution >= 4 is 11.6 Å². The second-order valence-electron chi connectivity index (χ2n) is 12.6. The second kappa shape index (κ2) is 10.6. The summed E-state index contributed by atoms with van der Waals surface area (Å²) in [6.07, 6.45) is 10.7. The Labute approximate surface area is 229 Å². The number of ether oxygens (including phenoxy) is 1. The molecule has 2 aromatic rings. The van der Waals surface area contributed by atoms with E-state index in [4.69, 9.17) is 4.74 Å². The normalized spacial score (nSPS) is 21.4. The summed E-state index contributed by atoms with van der Waals surface area (Å²) in [4.78, 5) is 20.8. The molecule has 5 nitrogen and oxygen atoms in total. The first kappa shape index (κ1) is 25.7. The second-order valence-corrected chi connectivity index (χ2v) is 12.6. The van der Waals surface area contributed by atoms with Gasteiger partial charge < -0.3 is 14.5 Å². The molecule has 1 aliphatic carbocycles. The molecule has 204 valence electrons.